The van der Waals surface area contributed by atoms with Crippen molar-refractivity contribution in [3.63, 3.8) is 0 Å². The fourth-order valence-corrected chi connectivity index (χ4v) is 1.89. The smallest absolute Gasteiger partial charge is 0.251 e. The van der Waals surface area contributed by atoms with Crippen molar-refractivity contribution in [2.24, 2.45) is 5.92 Å². The van der Waals surface area contributed by atoms with E-state index in [0.29, 0.717) is 18.1 Å². The lowest BCUT2D eigenvalue weighted by molar-refractivity contribution is 0.0930. The molecule has 0 saturated heterocycles. The molecule has 0 fully saturated rings. The summed E-state index contributed by atoms with van der Waals surface area (Å²) < 4.78 is 5.69. The molecule has 0 aliphatic carbocycles. The quantitative estimate of drug-likeness (QED) is 0.874. The van der Waals surface area contributed by atoms with Crippen LogP contribution < -0.4 is 10.1 Å². The number of rotatable bonds is 6. The highest BCUT2D eigenvalue weighted by atomic mass is 16.5. The third-order valence-corrected chi connectivity index (χ3v) is 3.72. The van der Waals surface area contributed by atoms with Crippen LogP contribution in [0.15, 0.2) is 54.6 Å². The molecule has 116 valence electrons. The fraction of sp³-hybridized carbons (Fsp3) is 0.316. The molecule has 0 radical (unpaired) electrons. The van der Waals surface area contributed by atoms with Crippen molar-refractivity contribution in [2.45, 2.75) is 33.4 Å². The van der Waals surface area contributed by atoms with E-state index in [1.165, 1.54) is 0 Å². The van der Waals surface area contributed by atoms with Gasteiger partial charge in [-0.15, -0.1) is 0 Å². The highest BCUT2D eigenvalue weighted by molar-refractivity contribution is 5.94. The number of hydrogen-bond acceptors (Lipinski definition) is 2. The van der Waals surface area contributed by atoms with Gasteiger partial charge in [0, 0.05) is 11.6 Å². The Kier molecular flexibility index (Phi) is 5.59. The van der Waals surface area contributed by atoms with Gasteiger partial charge in [-0.3, -0.25) is 4.79 Å². The minimum Gasteiger partial charge on any atom is -0.489 e. The number of benzene rings is 2. The van der Waals surface area contributed by atoms with Crippen LogP contribution in [-0.2, 0) is 6.61 Å². The number of hydrogen-bond donors (Lipinski definition) is 1. The van der Waals surface area contributed by atoms with E-state index in [1.807, 2.05) is 61.5 Å². The lowest BCUT2D eigenvalue weighted by Gasteiger charge is -2.17. The molecule has 0 aliphatic rings. The van der Waals surface area contributed by atoms with Gasteiger partial charge in [0.1, 0.15) is 12.4 Å². The summed E-state index contributed by atoms with van der Waals surface area (Å²) in [5.41, 5.74) is 1.72. The van der Waals surface area contributed by atoms with E-state index in [-0.39, 0.29) is 11.9 Å². The second-order valence-electron chi connectivity index (χ2n) is 5.80. The third-order valence-electron chi connectivity index (χ3n) is 3.72. The number of amides is 1. The van der Waals surface area contributed by atoms with Crippen LogP contribution in [0.4, 0.5) is 0 Å². The highest BCUT2D eigenvalue weighted by Gasteiger charge is 2.12. The monoisotopic (exact) mass is 297 g/mol. The van der Waals surface area contributed by atoms with Gasteiger partial charge in [0.25, 0.3) is 5.91 Å². The van der Waals surface area contributed by atoms with Crippen LogP contribution in [0.2, 0.25) is 0 Å². The van der Waals surface area contributed by atoms with Crippen LogP contribution in [0.3, 0.4) is 0 Å². The Hall–Kier alpha value is -2.29. The molecule has 0 saturated carbocycles. The zero-order chi connectivity index (χ0) is 15.9. The molecule has 0 heterocycles. The molecule has 3 nitrogen and oxygen atoms in total. The Morgan fingerprint density at radius 2 is 1.64 bits per heavy atom. The minimum atomic E-state index is -0.0308. The second-order valence-corrected chi connectivity index (χ2v) is 5.80. The molecule has 1 N–H and O–H groups in total. The van der Waals surface area contributed by atoms with Crippen molar-refractivity contribution in [2.75, 3.05) is 0 Å². The van der Waals surface area contributed by atoms with Gasteiger partial charge in [0.2, 0.25) is 0 Å². The van der Waals surface area contributed by atoms with Gasteiger partial charge in [-0.25, -0.2) is 0 Å². The average Bonchev–Trinajstić information content (AvgIpc) is 2.54. The summed E-state index contributed by atoms with van der Waals surface area (Å²) >= 11 is 0. The molecule has 1 unspecified atom stereocenters. The lowest BCUT2D eigenvalue weighted by atomic mass is 10.1. The third kappa shape index (κ3) is 4.62. The van der Waals surface area contributed by atoms with Crippen molar-refractivity contribution in [3.05, 3.63) is 65.7 Å². The number of para-hydroxylation sites is 1. The Morgan fingerprint density at radius 3 is 2.23 bits per heavy atom. The number of carbonyl (C=O) groups excluding carboxylic acids is 1. The van der Waals surface area contributed by atoms with E-state index in [0.717, 1.165) is 11.3 Å². The van der Waals surface area contributed by atoms with Gasteiger partial charge in [-0.1, -0.05) is 44.2 Å². The fourth-order valence-electron chi connectivity index (χ4n) is 1.89. The summed E-state index contributed by atoms with van der Waals surface area (Å²) in [7, 11) is 0. The molecule has 2 aromatic carbocycles. The van der Waals surface area contributed by atoms with Gasteiger partial charge >= 0.3 is 0 Å². The molecule has 0 spiro atoms. The van der Waals surface area contributed by atoms with E-state index in [1.54, 1.807) is 0 Å². The predicted octanol–water partition coefficient (Wildman–Crippen LogP) is 4.04. The number of ether oxygens (including phenoxy) is 1. The normalized spacial score (nSPS) is 12.0. The minimum absolute atomic E-state index is 0.0308. The van der Waals surface area contributed by atoms with Crippen LogP contribution in [0.1, 0.15) is 36.7 Å². The van der Waals surface area contributed by atoms with Crippen LogP contribution in [0.25, 0.3) is 0 Å². The maximum absolute atomic E-state index is 12.1. The Morgan fingerprint density at radius 1 is 1.00 bits per heavy atom. The summed E-state index contributed by atoms with van der Waals surface area (Å²) in [5.74, 6) is 1.23. The Labute approximate surface area is 132 Å². The molecular formula is C19H23NO2. The lowest BCUT2D eigenvalue weighted by Crippen LogP contribution is -2.36. The zero-order valence-electron chi connectivity index (χ0n) is 13.4. The summed E-state index contributed by atoms with van der Waals surface area (Å²) in [6.07, 6.45) is 0. The van der Waals surface area contributed by atoms with Gasteiger partial charge in [0.05, 0.1) is 0 Å². The second kappa shape index (κ2) is 7.64. The van der Waals surface area contributed by atoms with Gasteiger partial charge in [-0.05, 0) is 42.7 Å². The zero-order valence-corrected chi connectivity index (χ0v) is 13.4. The molecule has 22 heavy (non-hydrogen) atoms. The van der Waals surface area contributed by atoms with Crippen molar-refractivity contribution in [1.82, 2.24) is 5.32 Å². The maximum atomic E-state index is 12.1. The number of carbonyl (C=O) groups is 1. The van der Waals surface area contributed by atoms with Crippen LogP contribution in [-0.4, -0.2) is 11.9 Å². The first-order valence-corrected chi connectivity index (χ1v) is 7.64. The van der Waals surface area contributed by atoms with E-state index in [2.05, 4.69) is 19.2 Å². The van der Waals surface area contributed by atoms with Gasteiger partial charge in [0.15, 0.2) is 0 Å². The standard InChI is InChI=1S/C19H23NO2/c1-14(2)15(3)20-19(21)17-11-9-16(10-12-17)13-22-18-7-5-4-6-8-18/h4-12,14-15H,13H2,1-3H3,(H,20,21). The average molecular weight is 297 g/mol. The summed E-state index contributed by atoms with van der Waals surface area (Å²) in [6, 6.07) is 17.4. The van der Waals surface area contributed by atoms with E-state index >= 15 is 0 Å². The predicted molar refractivity (Wildman–Crippen MR) is 89.0 cm³/mol. The van der Waals surface area contributed by atoms with Gasteiger partial charge < -0.3 is 10.1 Å². The van der Waals surface area contributed by atoms with E-state index in [9.17, 15) is 4.79 Å². The molecule has 3 heteroatoms. The highest BCUT2D eigenvalue weighted by Crippen LogP contribution is 2.12. The molecule has 1 atom stereocenters. The largest absolute Gasteiger partial charge is 0.489 e. The van der Waals surface area contributed by atoms with Gasteiger partial charge in [-0.2, -0.15) is 0 Å². The van der Waals surface area contributed by atoms with Crippen molar-refractivity contribution in [3.8, 4) is 5.75 Å². The van der Waals surface area contributed by atoms with Crippen LogP contribution in [0.5, 0.6) is 5.75 Å². The number of nitrogens with one attached hydrogen (secondary N) is 1. The molecule has 0 aliphatic heterocycles. The van der Waals surface area contributed by atoms with Crippen LogP contribution >= 0.6 is 0 Å². The SMILES string of the molecule is CC(C)C(C)NC(=O)c1ccc(COc2ccccc2)cc1. The molecule has 1 amide bonds. The molecular weight excluding hydrogens is 274 g/mol. The van der Waals surface area contributed by atoms with Crippen molar-refractivity contribution < 1.29 is 9.53 Å². The van der Waals surface area contributed by atoms with Crippen molar-refractivity contribution >= 4 is 5.91 Å². The Balaban J connectivity index is 1.91. The van der Waals surface area contributed by atoms with E-state index < -0.39 is 0 Å². The first-order valence-electron chi connectivity index (χ1n) is 7.64. The molecule has 2 rings (SSSR count). The van der Waals surface area contributed by atoms with Crippen LogP contribution in [0, 0.1) is 5.92 Å². The first kappa shape index (κ1) is 16.1. The summed E-state index contributed by atoms with van der Waals surface area (Å²) in [4.78, 5) is 12.1. The van der Waals surface area contributed by atoms with Crippen molar-refractivity contribution in [1.29, 1.82) is 0 Å². The first-order chi connectivity index (χ1) is 10.6. The Bertz CT molecular complexity index is 591. The molecule has 2 aromatic rings. The summed E-state index contributed by atoms with van der Waals surface area (Å²) in [5, 5.41) is 3.00. The summed E-state index contributed by atoms with van der Waals surface area (Å²) in [6.45, 7) is 6.70. The molecule has 0 aromatic heterocycles. The van der Waals surface area contributed by atoms with E-state index in [4.69, 9.17) is 4.74 Å². The topological polar surface area (TPSA) is 38.3 Å². The molecule has 0 bridgehead atoms. The maximum Gasteiger partial charge on any atom is 0.251 e.